The van der Waals surface area contributed by atoms with Gasteiger partial charge in [0.15, 0.2) is 0 Å². The molecule has 4 heteroatoms. The van der Waals surface area contributed by atoms with Gasteiger partial charge >= 0.3 is 0 Å². The van der Waals surface area contributed by atoms with Gasteiger partial charge in [0.25, 0.3) is 0 Å². The minimum atomic E-state index is 0.859. The fourth-order valence-electron chi connectivity index (χ4n) is 4.03. The van der Waals surface area contributed by atoms with Crippen molar-refractivity contribution < 1.29 is 4.74 Å². The minimum Gasteiger partial charge on any atom is -0.379 e. The van der Waals surface area contributed by atoms with E-state index >= 15 is 0 Å². The highest BCUT2D eigenvalue weighted by atomic mass is 16.5. The fourth-order valence-corrected chi connectivity index (χ4v) is 4.03. The molecule has 0 atom stereocenters. The molecule has 2 aromatic carbocycles. The monoisotopic (exact) mass is 403 g/mol. The minimum absolute atomic E-state index is 0.859. The molecule has 0 unspecified atom stereocenters. The van der Waals surface area contributed by atoms with Crippen LogP contribution in [0.3, 0.4) is 0 Å². The summed E-state index contributed by atoms with van der Waals surface area (Å²) in [5.41, 5.74) is 5.40. The SMILES string of the molecule is Cc1ccc(Cn2cccc2CN(CCN2CCOCC2)Cc2ccccc2)cc1. The van der Waals surface area contributed by atoms with Crippen LogP contribution in [0.15, 0.2) is 72.9 Å². The Morgan fingerprint density at radius 2 is 1.60 bits per heavy atom. The topological polar surface area (TPSA) is 20.6 Å². The zero-order valence-corrected chi connectivity index (χ0v) is 18.0. The van der Waals surface area contributed by atoms with Crippen molar-refractivity contribution in [3.8, 4) is 0 Å². The zero-order chi connectivity index (χ0) is 20.6. The lowest BCUT2D eigenvalue weighted by molar-refractivity contribution is 0.0324. The molecule has 1 aromatic heterocycles. The van der Waals surface area contributed by atoms with E-state index in [1.807, 2.05) is 0 Å². The average Bonchev–Trinajstić information content (AvgIpc) is 3.21. The van der Waals surface area contributed by atoms with Crippen LogP contribution < -0.4 is 0 Å². The first-order valence-corrected chi connectivity index (χ1v) is 11.0. The van der Waals surface area contributed by atoms with Crippen LogP contribution in [0.1, 0.15) is 22.4 Å². The van der Waals surface area contributed by atoms with Gasteiger partial charge in [0, 0.05) is 57.7 Å². The molecule has 1 saturated heterocycles. The smallest absolute Gasteiger partial charge is 0.0594 e. The van der Waals surface area contributed by atoms with Gasteiger partial charge < -0.3 is 9.30 Å². The number of ether oxygens (including phenoxy) is 1. The Morgan fingerprint density at radius 3 is 2.37 bits per heavy atom. The third kappa shape index (κ3) is 6.05. The summed E-state index contributed by atoms with van der Waals surface area (Å²) in [5, 5.41) is 0. The van der Waals surface area contributed by atoms with Crippen LogP contribution >= 0.6 is 0 Å². The number of rotatable bonds is 9. The number of aryl methyl sites for hydroxylation is 1. The molecular weight excluding hydrogens is 370 g/mol. The quantitative estimate of drug-likeness (QED) is 0.535. The summed E-state index contributed by atoms with van der Waals surface area (Å²) in [5.74, 6) is 0. The normalized spacial score (nSPS) is 15.0. The molecule has 2 heterocycles. The number of aromatic nitrogens is 1. The second kappa shape index (κ2) is 10.6. The Bertz CT molecular complexity index is 882. The van der Waals surface area contributed by atoms with Gasteiger partial charge in [0.1, 0.15) is 0 Å². The first-order valence-electron chi connectivity index (χ1n) is 11.0. The second-order valence-electron chi connectivity index (χ2n) is 8.26. The van der Waals surface area contributed by atoms with Gasteiger partial charge in [-0.3, -0.25) is 9.80 Å². The zero-order valence-electron chi connectivity index (χ0n) is 18.0. The number of morpholine rings is 1. The van der Waals surface area contributed by atoms with Crippen molar-refractivity contribution in [2.45, 2.75) is 26.6 Å². The Morgan fingerprint density at radius 1 is 0.833 bits per heavy atom. The van der Waals surface area contributed by atoms with Crippen molar-refractivity contribution in [2.75, 3.05) is 39.4 Å². The molecule has 0 saturated carbocycles. The van der Waals surface area contributed by atoms with Gasteiger partial charge in [0.05, 0.1) is 13.2 Å². The summed E-state index contributed by atoms with van der Waals surface area (Å²) >= 11 is 0. The van der Waals surface area contributed by atoms with Crippen molar-refractivity contribution in [1.82, 2.24) is 14.4 Å². The first kappa shape index (κ1) is 20.9. The second-order valence-corrected chi connectivity index (χ2v) is 8.26. The number of hydrogen-bond acceptors (Lipinski definition) is 3. The molecule has 1 aliphatic heterocycles. The summed E-state index contributed by atoms with van der Waals surface area (Å²) in [6.07, 6.45) is 2.21. The van der Waals surface area contributed by atoms with Crippen LogP contribution in [-0.4, -0.2) is 53.8 Å². The van der Waals surface area contributed by atoms with E-state index in [1.165, 1.54) is 22.4 Å². The van der Waals surface area contributed by atoms with Crippen molar-refractivity contribution >= 4 is 0 Å². The van der Waals surface area contributed by atoms with E-state index in [-0.39, 0.29) is 0 Å². The third-order valence-electron chi connectivity index (χ3n) is 5.87. The maximum absolute atomic E-state index is 5.51. The summed E-state index contributed by atoms with van der Waals surface area (Å²) in [4.78, 5) is 5.10. The summed E-state index contributed by atoms with van der Waals surface area (Å²) in [6.45, 7) is 11.0. The number of nitrogens with zero attached hydrogens (tertiary/aromatic N) is 3. The highest BCUT2D eigenvalue weighted by Gasteiger charge is 2.14. The van der Waals surface area contributed by atoms with Crippen molar-refractivity contribution in [2.24, 2.45) is 0 Å². The molecule has 0 amide bonds. The van der Waals surface area contributed by atoms with Crippen LogP contribution in [0.4, 0.5) is 0 Å². The van der Waals surface area contributed by atoms with Crippen LogP contribution in [0.2, 0.25) is 0 Å². The van der Waals surface area contributed by atoms with Gasteiger partial charge in [0.2, 0.25) is 0 Å². The van der Waals surface area contributed by atoms with Crippen molar-refractivity contribution in [3.05, 3.63) is 95.3 Å². The van der Waals surface area contributed by atoms with E-state index < -0.39 is 0 Å². The predicted octanol–water partition coefficient (Wildman–Crippen LogP) is 4.18. The maximum Gasteiger partial charge on any atom is 0.0594 e. The first-order chi connectivity index (χ1) is 14.8. The Balaban J connectivity index is 1.44. The van der Waals surface area contributed by atoms with E-state index in [1.54, 1.807) is 0 Å². The van der Waals surface area contributed by atoms with E-state index in [0.29, 0.717) is 0 Å². The summed E-state index contributed by atoms with van der Waals surface area (Å²) in [7, 11) is 0. The van der Waals surface area contributed by atoms with E-state index in [9.17, 15) is 0 Å². The lowest BCUT2D eigenvalue weighted by atomic mass is 10.1. The van der Waals surface area contributed by atoms with Crippen LogP contribution in [0, 0.1) is 6.92 Å². The molecule has 0 aliphatic carbocycles. The number of benzene rings is 2. The fraction of sp³-hybridized carbons (Fsp3) is 0.385. The Hall–Kier alpha value is -2.40. The molecule has 4 nitrogen and oxygen atoms in total. The third-order valence-corrected chi connectivity index (χ3v) is 5.87. The largest absolute Gasteiger partial charge is 0.379 e. The molecule has 0 radical (unpaired) electrons. The average molecular weight is 404 g/mol. The predicted molar refractivity (Wildman–Crippen MR) is 123 cm³/mol. The molecule has 0 bridgehead atoms. The molecule has 30 heavy (non-hydrogen) atoms. The van der Waals surface area contributed by atoms with E-state index in [0.717, 1.165) is 59.0 Å². The van der Waals surface area contributed by atoms with Crippen molar-refractivity contribution in [3.63, 3.8) is 0 Å². The standard InChI is InChI=1S/C26H33N3O/c1-23-9-11-25(12-10-23)21-29-13-5-8-26(29)22-28(20-24-6-3-2-4-7-24)15-14-27-16-18-30-19-17-27/h2-13H,14-22H2,1H3. The van der Waals surface area contributed by atoms with Crippen LogP contribution in [0.25, 0.3) is 0 Å². The van der Waals surface area contributed by atoms with E-state index in [4.69, 9.17) is 4.74 Å². The number of hydrogen-bond donors (Lipinski definition) is 0. The van der Waals surface area contributed by atoms with Gasteiger partial charge in [-0.05, 0) is 30.2 Å². The molecule has 4 rings (SSSR count). The highest BCUT2D eigenvalue weighted by molar-refractivity contribution is 5.23. The Labute approximate surface area is 180 Å². The molecule has 158 valence electrons. The van der Waals surface area contributed by atoms with Gasteiger partial charge in [-0.2, -0.15) is 0 Å². The summed E-state index contributed by atoms with van der Waals surface area (Å²) in [6, 6.07) is 24.1. The van der Waals surface area contributed by atoms with Gasteiger partial charge in [-0.15, -0.1) is 0 Å². The van der Waals surface area contributed by atoms with Gasteiger partial charge in [-0.25, -0.2) is 0 Å². The molecule has 1 aliphatic rings. The molecular formula is C26H33N3O. The van der Waals surface area contributed by atoms with Crippen molar-refractivity contribution in [1.29, 1.82) is 0 Å². The van der Waals surface area contributed by atoms with Gasteiger partial charge in [-0.1, -0.05) is 60.2 Å². The maximum atomic E-state index is 5.51. The molecule has 0 spiro atoms. The lowest BCUT2D eigenvalue weighted by Gasteiger charge is -2.30. The highest BCUT2D eigenvalue weighted by Crippen LogP contribution is 2.14. The van der Waals surface area contributed by atoms with E-state index in [2.05, 4.69) is 94.2 Å². The van der Waals surface area contributed by atoms with Crippen LogP contribution in [0.5, 0.6) is 0 Å². The molecule has 3 aromatic rings. The van der Waals surface area contributed by atoms with Crippen LogP contribution in [-0.2, 0) is 24.4 Å². The lowest BCUT2D eigenvalue weighted by Crippen LogP contribution is -2.41. The Kier molecular flexibility index (Phi) is 7.35. The summed E-state index contributed by atoms with van der Waals surface area (Å²) < 4.78 is 7.89. The molecule has 0 N–H and O–H groups in total. The molecule has 1 fully saturated rings.